The highest BCUT2D eigenvalue weighted by Crippen LogP contribution is 2.41. The molecule has 0 aromatic heterocycles. The summed E-state index contributed by atoms with van der Waals surface area (Å²) < 4.78 is 12.1. The van der Waals surface area contributed by atoms with E-state index in [4.69, 9.17) is 15.2 Å². The predicted octanol–water partition coefficient (Wildman–Crippen LogP) is 11.4. The summed E-state index contributed by atoms with van der Waals surface area (Å²) in [5.41, 5.74) is 15.1. The van der Waals surface area contributed by atoms with Crippen molar-refractivity contribution in [2.75, 3.05) is 0 Å². The van der Waals surface area contributed by atoms with Gasteiger partial charge in [-0.2, -0.15) is 0 Å². The predicted molar refractivity (Wildman–Crippen MR) is 210 cm³/mol. The lowest BCUT2D eigenvalue weighted by molar-refractivity contribution is -0.138. The second kappa shape index (κ2) is 21.1. The minimum Gasteiger partial charge on any atom is -0.480 e. The number of benzene rings is 2. The van der Waals surface area contributed by atoms with E-state index in [0.717, 1.165) is 44.7 Å². The lowest BCUT2D eigenvalue weighted by Gasteiger charge is -2.32. The first-order valence-electron chi connectivity index (χ1n) is 18.1. The zero-order chi connectivity index (χ0) is 38.2. The molecule has 274 valence electrons. The molecule has 0 aliphatic heterocycles. The Kier molecular flexibility index (Phi) is 18.5. The van der Waals surface area contributed by atoms with Crippen molar-refractivity contribution in [1.29, 1.82) is 0 Å². The summed E-state index contributed by atoms with van der Waals surface area (Å²) in [5.74, 6) is 0.402. The molecule has 0 saturated carbocycles. The molecule has 0 saturated heterocycles. The normalized spacial score (nSPS) is 15.2. The number of carbonyl (C=O) groups is 2. The molecule has 2 aromatic rings. The van der Waals surface area contributed by atoms with Crippen molar-refractivity contribution in [1.82, 2.24) is 0 Å². The number of allylic oxidation sites excluding steroid dienone is 9. The number of hydrogen-bond acceptors (Lipinski definition) is 5. The number of nitrogens with two attached hydrogens (primary N) is 1. The maximum atomic E-state index is 12.8. The average Bonchev–Trinajstić information content (AvgIpc) is 3.05. The number of esters is 1. The van der Waals surface area contributed by atoms with E-state index in [1.165, 1.54) is 36.5 Å². The van der Waals surface area contributed by atoms with Crippen LogP contribution in [-0.4, -0.2) is 23.1 Å². The lowest BCUT2D eigenvalue weighted by Crippen LogP contribution is -2.32. The first-order chi connectivity index (χ1) is 23.6. The zero-order valence-electron chi connectivity index (χ0n) is 33.0. The minimum absolute atomic E-state index is 0.212. The molecule has 0 bridgehead atoms. The third-order valence-corrected chi connectivity index (χ3v) is 8.54. The second-order valence-corrected chi connectivity index (χ2v) is 13.2. The van der Waals surface area contributed by atoms with E-state index in [0.29, 0.717) is 17.9 Å². The summed E-state index contributed by atoms with van der Waals surface area (Å²) in [6.07, 6.45) is 16.4. The second-order valence-electron chi connectivity index (χ2n) is 13.2. The van der Waals surface area contributed by atoms with Crippen LogP contribution in [0.2, 0.25) is 0 Å². The number of carbonyl (C=O) groups excluding carboxylic acids is 1. The van der Waals surface area contributed by atoms with E-state index >= 15 is 0 Å². The van der Waals surface area contributed by atoms with Crippen LogP contribution in [0.5, 0.6) is 17.2 Å². The van der Waals surface area contributed by atoms with Crippen molar-refractivity contribution < 1.29 is 24.2 Å². The highest BCUT2D eigenvalue weighted by molar-refractivity contribution is 5.85. The molecule has 3 rings (SSSR count). The lowest BCUT2D eigenvalue weighted by atomic mass is 9.72. The summed E-state index contributed by atoms with van der Waals surface area (Å²) in [6.45, 7) is 26.6. The average molecular weight is 686 g/mol. The van der Waals surface area contributed by atoms with Crippen LogP contribution in [0.4, 0.5) is 0 Å². The SMILES string of the molecule is CC.CC.CCc1cc(CC(N)C(=O)O)cc(C)c1Oc1cc(C)c(OC(=O)/C=C(C)/C=C/C=C(C)/C=C/C2=C(C)CCCC2(C)C)c(C)c1. The third-order valence-electron chi connectivity index (χ3n) is 8.54. The number of hydrogen-bond donors (Lipinski definition) is 2. The van der Waals surface area contributed by atoms with Crippen molar-refractivity contribution in [3.8, 4) is 17.2 Å². The summed E-state index contributed by atoms with van der Waals surface area (Å²) >= 11 is 0. The van der Waals surface area contributed by atoms with E-state index in [2.05, 4.69) is 39.8 Å². The fourth-order valence-electron chi connectivity index (χ4n) is 6.04. The van der Waals surface area contributed by atoms with E-state index in [-0.39, 0.29) is 11.8 Å². The summed E-state index contributed by atoms with van der Waals surface area (Å²) in [5, 5.41) is 9.19. The Morgan fingerprint density at radius 1 is 0.920 bits per heavy atom. The Labute approximate surface area is 302 Å². The maximum absolute atomic E-state index is 12.8. The number of rotatable bonds is 12. The molecule has 6 nitrogen and oxygen atoms in total. The van der Waals surface area contributed by atoms with Gasteiger partial charge < -0.3 is 20.3 Å². The summed E-state index contributed by atoms with van der Waals surface area (Å²) in [6, 6.07) is 6.62. The van der Waals surface area contributed by atoms with Crippen molar-refractivity contribution >= 4 is 11.9 Å². The van der Waals surface area contributed by atoms with Crippen LogP contribution in [0, 0.1) is 26.2 Å². The number of carboxylic acids is 1. The highest BCUT2D eigenvalue weighted by Gasteiger charge is 2.26. The van der Waals surface area contributed by atoms with Crippen LogP contribution in [-0.2, 0) is 22.4 Å². The van der Waals surface area contributed by atoms with E-state index < -0.39 is 18.0 Å². The molecular weight excluding hydrogens is 622 g/mol. The van der Waals surface area contributed by atoms with Crippen LogP contribution >= 0.6 is 0 Å². The van der Waals surface area contributed by atoms with Gasteiger partial charge in [0.25, 0.3) is 0 Å². The Morgan fingerprint density at radius 2 is 1.52 bits per heavy atom. The van der Waals surface area contributed by atoms with Gasteiger partial charge in [0.05, 0.1) is 0 Å². The standard InChI is InChI=1S/C40H51NO5.2C2H6/c1-10-32-23-31(24-35(41)39(43)44)20-28(5)38(32)45-33-21-29(6)37(30(7)22-33)46-36(42)19-26(3)14-11-13-25(2)16-17-34-27(4)15-12-18-40(34,8)9;2*1-2/h11,13-14,16-17,19-23,35H,10,12,15,18,24,41H2,1-9H3,(H,43,44);2*1-2H3/b14-11+,17-16+,25-13+,26-19+;;. The fourth-order valence-corrected chi connectivity index (χ4v) is 6.04. The molecule has 0 radical (unpaired) electrons. The number of aryl methyl sites for hydroxylation is 4. The summed E-state index contributed by atoms with van der Waals surface area (Å²) in [7, 11) is 0. The van der Waals surface area contributed by atoms with Crippen molar-refractivity contribution in [2.45, 2.75) is 128 Å². The molecule has 0 fully saturated rings. The largest absolute Gasteiger partial charge is 0.480 e. The van der Waals surface area contributed by atoms with Gasteiger partial charge in [-0.15, -0.1) is 0 Å². The van der Waals surface area contributed by atoms with E-state index in [9.17, 15) is 14.7 Å². The quantitative estimate of drug-likeness (QED) is 0.0998. The van der Waals surface area contributed by atoms with Gasteiger partial charge >= 0.3 is 11.9 Å². The zero-order valence-corrected chi connectivity index (χ0v) is 33.0. The molecule has 3 N–H and O–H groups in total. The van der Waals surface area contributed by atoms with Gasteiger partial charge in [0.2, 0.25) is 0 Å². The van der Waals surface area contributed by atoms with E-state index in [1.54, 1.807) is 0 Å². The smallest absolute Gasteiger partial charge is 0.336 e. The van der Waals surface area contributed by atoms with Gasteiger partial charge in [0, 0.05) is 6.08 Å². The third kappa shape index (κ3) is 13.3. The molecule has 0 amide bonds. The van der Waals surface area contributed by atoms with Crippen LogP contribution < -0.4 is 15.2 Å². The Bertz CT molecular complexity index is 1590. The molecule has 1 aliphatic rings. The number of carboxylic acid groups (broad SMARTS) is 1. The molecule has 6 heteroatoms. The molecule has 50 heavy (non-hydrogen) atoms. The molecule has 0 spiro atoms. The monoisotopic (exact) mass is 685 g/mol. The summed E-state index contributed by atoms with van der Waals surface area (Å²) in [4.78, 5) is 24.0. The molecular formula is C44H63NO5. The highest BCUT2D eigenvalue weighted by atomic mass is 16.5. The van der Waals surface area contributed by atoms with Crippen LogP contribution in [0.1, 0.15) is 116 Å². The van der Waals surface area contributed by atoms with Gasteiger partial charge in [0.1, 0.15) is 23.3 Å². The first-order valence-corrected chi connectivity index (χ1v) is 18.1. The van der Waals surface area contributed by atoms with Crippen molar-refractivity contribution in [3.63, 3.8) is 0 Å². The van der Waals surface area contributed by atoms with Crippen LogP contribution in [0.3, 0.4) is 0 Å². The van der Waals surface area contributed by atoms with Gasteiger partial charge in [-0.25, -0.2) is 4.79 Å². The molecule has 2 aromatic carbocycles. The molecule has 0 heterocycles. The van der Waals surface area contributed by atoms with Crippen LogP contribution in [0.15, 0.2) is 83.0 Å². The molecule has 1 unspecified atom stereocenters. The Morgan fingerprint density at radius 3 is 2.08 bits per heavy atom. The fraction of sp³-hybridized carbons (Fsp3) is 0.455. The maximum Gasteiger partial charge on any atom is 0.336 e. The topological polar surface area (TPSA) is 98.9 Å². The molecule has 1 atom stereocenters. The van der Waals surface area contributed by atoms with E-state index in [1.807, 2.05) is 105 Å². The van der Waals surface area contributed by atoms with Crippen molar-refractivity contribution in [3.05, 3.63) is 111 Å². The Hall–Kier alpha value is -4.16. The number of ether oxygens (including phenoxy) is 2. The minimum atomic E-state index is -1.03. The molecule has 1 aliphatic carbocycles. The Balaban J connectivity index is 0.00000301. The van der Waals surface area contributed by atoms with Gasteiger partial charge in [-0.3, -0.25) is 4.79 Å². The first kappa shape index (κ1) is 43.9. The van der Waals surface area contributed by atoms with Gasteiger partial charge in [-0.1, -0.05) is 102 Å². The van der Waals surface area contributed by atoms with Gasteiger partial charge in [-0.05, 0) is 130 Å². The van der Waals surface area contributed by atoms with Crippen molar-refractivity contribution in [2.24, 2.45) is 11.1 Å². The van der Waals surface area contributed by atoms with Crippen LogP contribution in [0.25, 0.3) is 0 Å². The van der Waals surface area contributed by atoms with Gasteiger partial charge in [0.15, 0.2) is 0 Å². The number of aliphatic carboxylic acids is 1.